The lowest BCUT2D eigenvalue weighted by atomic mass is 10.2. The first-order valence-electron chi connectivity index (χ1n) is 4.00. The maximum absolute atomic E-state index is 5.83. The molecule has 2 N–H and O–H groups in total. The summed E-state index contributed by atoms with van der Waals surface area (Å²) in [4.78, 5) is 9.11. The van der Waals surface area contributed by atoms with Gasteiger partial charge < -0.3 is 5.73 Å². The molecule has 0 aromatic carbocycles. The van der Waals surface area contributed by atoms with Crippen LogP contribution in [0.4, 0.5) is 5.69 Å². The van der Waals surface area contributed by atoms with Gasteiger partial charge in [-0.3, -0.25) is 0 Å². The lowest BCUT2D eigenvalue weighted by Gasteiger charge is -2.04. The Morgan fingerprint density at radius 3 is 2.86 bits per heavy atom. The Balaban J connectivity index is 2.63. The van der Waals surface area contributed by atoms with Gasteiger partial charge in [0.25, 0.3) is 0 Å². The molecule has 0 unspecified atom stereocenters. The van der Waals surface area contributed by atoms with E-state index in [1.165, 1.54) is 0 Å². The molecule has 14 heavy (non-hydrogen) atoms. The molecule has 2 aromatic rings. The highest BCUT2D eigenvalue weighted by Crippen LogP contribution is 2.34. The number of pyridine rings is 1. The number of nitrogen functional groups attached to an aromatic ring is 1. The van der Waals surface area contributed by atoms with Gasteiger partial charge in [-0.25, -0.2) is 9.97 Å². The van der Waals surface area contributed by atoms with Gasteiger partial charge in [-0.15, -0.1) is 11.3 Å². The molecule has 0 fully saturated rings. The molecule has 2 heterocycles. The Hall–Kier alpha value is -1.13. The molecule has 0 aliphatic heterocycles. The van der Waals surface area contributed by atoms with Crippen molar-refractivity contribution in [2.75, 3.05) is 5.73 Å². The first-order valence-corrected chi connectivity index (χ1v) is 5.26. The van der Waals surface area contributed by atoms with Crippen LogP contribution in [-0.4, -0.2) is 9.97 Å². The van der Waals surface area contributed by atoms with Gasteiger partial charge in [-0.1, -0.05) is 11.6 Å². The van der Waals surface area contributed by atoms with E-state index in [1.54, 1.807) is 23.0 Å². The largest absolute Gasteiger partial charge is 0.396 e. The average Bonchev–Trinajstić information content (AvgIpc) is 2.57. The van der Waals surface area contributed by atoms with E-state index < -0.39 is 0 Å². The van der Waals surface area contributed by atoms with Gasteiger partial charge in [0.1, 0.15) is 0 Å². The van der Waals surface area contributed by atoms with Crippen molar-refractivity contribution in [2.45, 2.75) is 6.92 Å². The number of hydrogen-bond acceptors (Lipinski definition) is 4. The van der Waals surface area contributed by atoms with Crippen LogP contribution in [0, 0.1) is 6.92 Å². The molecule has 0 amide bonds. The molecule has 0 saturated carbocycles. The van der Waals surface area contributed by atoms with Gasteiger partial charge in [0.15, 0.2) is 5.15 Å². The van der Waals surface area contributed by atoms with Gasteiger partial charge in [0, 0.05) is 11.8 Å². The van der Waals surface area contributed by atoms with Crippen LogP contribution in [0.25, 0.3) is 10.4 Å². The van der Waals surface area contributed by atoms with Crippen LogP contribution in [0.5, 0.6) is 0 Å². The SMILES string of the molecule is Cc1ncsc1-c1ccnc(Cl)c1N. The highest BCUT2D eigenvalue weighted by molar-refractivity contribution is 7.13. The van der Waals surface area contributed by atoms with E-state index in [4.69, 9.17) is 17.3 Å². The first kappa shape index (κ1) is 9.43. The maximum Gasteiger partial charge on any atom is 0.152 e. The number of thiazole rings is 1. The molecule has 0 saturated heterocycles. The number of anilines is 1. The monoisotopic (exact) mass is 225 g/mol. The third-order valence-electron chi connectivity index (χ3n) is 1.93. The molecule has 2 aromatic heterocycles. The van der Waals surface area contributed by atoms with Crippen molar-refractivity contribution < 1.29 is 0 Å². The van der Waals surface area contributed by atoms with Crippen LogP contribution in [0.15, 0.2) is 17.8 Å². The maximum atomic E-state index is 5.83. The molecule has 0 radical (unpaired) electrons. The minimum absolute atomic E-state index is 0.343. The summed E-state index contributed by atoms with van der Waals surface area (Å²) >= 11 is 7.38. The Bertz CT molecular complexity index is 467. The topological polar surface area (TPSA) is 51.8 Å². The van der Waals surface area contributed by atoms with Gasteiger partial charge >= 0.3 is 0 Å². The highest BCUT2D eigenvalue weighted by atomic mass is 35.5. The van der Waals surface area contributed by atoms with Crippen LogP contribution < -0.4 is 5.73 Å². The van der Waals surface area contributed by atoms with E-state index in [-0.39, 0.29) is 0 Å². The fraction of sp³-hybridized carbons (Fsp3) is 0.111. The predicted molar refractivity (Wildman–Crippen MR) is 59.5 cm³/mol. The van der Waals surface area contributed by atoms with Crippen molar-refractivity contribution in [3.63, 3.8) is 0 Å². The number of rotatable bonds is 1. The molecule has 2 rings (SSSR count). The van der Waals surface area contributed by atoms with E-state index in [1.807, 2.05) is 13.0 Å². The molecule has 0 atom stereocenters. The Morgan fingerprint density at radius 2 is 2.21 bits per heavy atom. The lowest BCUT2D eigenvalue weighted by molar-refractivity contribution is 1.26. The van der Waals surface area contributed by atoms with Gasteiger partial charge in [-0.05, 0) is 13.0 Å². The summed E-state index contributed by atoms with van der Waals surface area (Å²) in [5.74, 6) is 0. The van der Waals surface area contributed by atoms with Crippen molar-refractivity contribution in [1.82, 2.24) is 9.97 Å². The Morgan fingerprint density at radius 1 is 1.43 bits per heavy atom. The first-order chi connectivity index (χ1) is 6.70. The predicted octanol–water partition coefficient (Wildman–Crippen LogP) is 2.75. The second kappa shape index (κ2) is 3.55. The zero-order valence-corrected chi connectivity index (χ0v) is 9.06. The Labute approximate surface area is 90.6 Å². The van der Waals surface area contributed by atoms with Gasteiger partial charge in [0.05, 0.1) is 21.8 Å². The van der Waals surface area contributed by atoms with Crippen molar-refractivity contribution in [2.24, 2.45) is 0 Å². The van der Waals surface area contributed by atoms with E-state index in [2.05, 4.69) is 9.97 Å². The van der Waals surface area contributed by atoms with Crippen molar-refractivity contribution >= 4 is 28.6 Å². The summed E-state index contributed by atoms with van der Waals surface area (Å²) in [6.07, 6.45) is 1.65. The summed E-state index contributed by atoms with van der Waals surface area (Å²) in [6.45, 7) is 1.94. The van der Waals surface area contributed by atoms with Crippen molar-refractivity contribution in [1.29, 1.82) is 0 Å². The van der Waals surface area contributed by atoms with E-state index in [9.17, 15) is 0 Å². The summed E-state index contributed by atoms with van der Waals surface area (Å²) in [7, 11) is 0. The van der Waals surface area contributed by atoms with Gasteiger partial charge in [-0.2, -0.15) is 0 Å². The lowest BCUT2D eigenvalue weighted by Crippen LogP contribution is -1.92. The Kier molecular flexibility index (Phi) is 2.39. The third-order valence-corrected chi connectivity index (χ3v) is 3.19. The quantitative estimate of drug-likeness (QED) is 0.760. The minimum atomic E-state index is 0.343. The minimum Gasteiger partial charge on any atom is -0.396 e. The summed E-state index contributed by atoms with van der Waals surface area (Å²) in [6, 6.07) is 1.85. The van der Waals surface area contributed by atoms with Gasteiger partial charge in [0.2, 0.25) is 0 Å². The summed E-state index contributed by atoms with van der Waals surface area (Å²) < 4.78 is 0. The zero-order chi connectivity index (χ0) is 10.1. The van der Waals surface area contributed by atoms with E-state index >= 15 is 0 Å². The fourth-order valence-electron chi connectivity index (χ4n) is 1.21. The molecule has 5 heteroatoms. The van der Waals surface area contributed by atoms with Crippen LogP contribution in [-0.2, 0) is 0 Å². The molecular weight excluding hydrogens is 218 g/mol. The average molecular weight is 226 g/mol. The number of nitrogens with zero attached hydrogens (tertiary/aromatic N) is 2. The summed E-state index contributed by atoms with van der Waals surface area (Å²) in [5, 5.41) is 0.343. The molecule has 0 aliphatic rings. The highest BCUT2D eigenvalue weighted by Gasteiger charge is 2.10. The third kappa shape index (κ3) is 1.47. The number of halogens is 1. The van der Waals surface area contributed by atoms with Crippen LogP contribution in [0.2, 0.25) is 5.15 Å². The van der Waals surface area contributed by atoms with Crippen molar-refractivity contribution in [3.8, 4) is 10.4 Å². The fourth-order valence-corrected chi connectivity index (χ4v) is 2.21. The van der Waals surface area contributed by atoms with Crippen LogP contribution >= 0.6 is 22.9 Å². The molecular formula is C9H8ClN3S. The second-order valence-corrected chi connectivity index (χ2v) is 4.04. The molecule has 3 nitrogen and oxygen atoms in total. The second-order valence-electron chi connectivity index (χ2n) is 2.83. The number of hydrogen-bond donors (Lipinski definition) is 1. The van der Waals surface area contributed by atoms with E-state index in [0.29, 0.717) is 10.8 Å². The number of aryl methyl sites for hydroxylation is 1. The zero-order valence-electron chi connectivity index (χ0n) is 7.49. The molecule has 0 aliphatic carbocycles. The van der Waals surface area contributed by atoms with Crippen molar-refractivity contribution in [3.05, 3.63) is 28.6 Å². The van der Waals surface area contributed by atoms with Crippen LogP contribution in [0.3, 0.4) is 0 Å². The molecule has 0 spiro atoms. The molecule has 72 valence electrons. The smallest absolute Gasteiger partial charge is 0.152 e. The molecule has 0 bridgehead atoms. The van der Waals surface area contributed by atoms with E-state index in [0.717, 1.165) is 16.1 Å². The number of nitrogens with two attached hydrogens (primary N) is 1. The van der Waals surface area contributed by atoms with Crippen LogP contribution in [0.1, 0.15) is 5.69 Å². The summed E-state index contributed by atoms with van der Waals surface area (Å²) in [5.41, 5.74) is 10.0. The standard InChI is InChI=1S/C9H8ClN3S/c1-5-8(14-4-13-5)6-2-3-12-9(10)7(6)11/h2-4H,11H2,1H3. The normalized spacial score (nSPS) is 10.4. The number of aromatic nitrogens is 2.